The van der Waals surface area contributed by atoms with Gasteiger partial charge < -0.3 is 4.98 Å². The number of ketones is 2. The van der Waals surface area contributed by atoms with E-state index in [1.54, 1.807) is 33.2 Å². The number of imidazole rings is 1. The molecular weight excluding hydrogens is 240 g/mol. The van der Waals surface area contributed by atoms with Gasteiger partial charge in [-0.25, -0.2) is 4.98 Å². The van der Waals surface area contributed by atoms with Crippen LogP contribution in [0.15, 0.2) is 34.7 Å². The second-order valence-electron chi connectivity index (χ2n) is 4.90. The Labute approximate surface area is 112 Å². The lowest BCUT2D eigenvalue weighted by Crippen LogP contribution is -2.20. The van der Waals surface area contributed by atoms with Crippen molar-refractivity contribution in [3.05, 3.63) is 40.5 Å². The molecule has 2 rings (SSSR count). The molecule has 0 fully saturated rings. The van der Waals surface area contributed by atoms with Crippen molar-refractivity contribution >= 4 is 11.6 Å². The maximum absolute atomic E-state index is 12.2. The summed E-state index contributed by atoms with van der Waals surface area (Å²) >= 11 is 0. The molecule has 4 nitrogen and oxygen atoms in total. The largest absolute Gasteiger partial charge is 0.349 e. The van der Waals surface area contributed by atoms with E-state index in [0.29, 0.717) is 28.7 Å². The molecule has 0 atom stereocenters. The molecule has 0 saturated heterocycles. The molecule has 0 radical (unpaired) electrons. The number of rotatable bonds is 4. The first-order chi connectivity index (χ1) is 9.02. The van der Waals surface area contributed by atoms with E-state index in [4.69, 9.17) is 0 Å². The van der Waals surface area contributed by atoms with E-state index in [9.17, 15) is 9.59 Å². The van der Waals surface area contributed by atoms with Gasteiger partial charge in [-0.3, -0.25) is 9.59 Å². The summed E-state index contributed by atoms with van der Waals surface area (Å²) in [7, 11) is 0. The predicted octanol–water partition coefficient (Wildman–Crippen LogP) is 2.54. The zero-order chi connectivity index (χ0) is 14.0. The van der Waals surface area contributed by atoms with E-state index in [1.807, 2.05) is 0 Å². The number of hydrogen-bond donors (Lipinski definition) is 1. The van der Waals surface area contributed by atoms with E-state index in [1.165, 1.54) is 0 Å². The summed E-state index contributed by atoms with van der Waals surface area (Å²) in [5, 5.41) is 0. The van der Waals surface area contributed by atoms with Crippen molar-refractivity contribution in [3.63, 3.8) is 0 Å². The van der Waals surface area contributed by atoms with Gasteiger partial charge in [0.05, 0.1) is 0 Å². The van der Waals surface area contributed by atoms with Gasteiger partial charge in [-0.05, 0) is 33.6 Å². The highest BCUT2D eigenvalue weighted by Gasteiger charge is 2.27. The molecule has 100 valence electrons. The van der Waals surface area contributed by atoms with Gasteiger partial charge in [-0.15, -0.1) is 0 Å². The number of allylic oxidation sites excluding steroid dienone is 4. The van der Waals surface area contributed by atoms with Gasteiger partial charge in [0.25, 0.3) is 0 Å². The van der Waals surface area contributed by atoms with Crippen molar-refractivity contribution in [2.75, 3.05) is 0 Å². The van der Waals surface area contributed by atoms with Gasteiger partial charge in [0, 0.05) is 41.1 Å². The topological polar surface area (TPSA) is 62.8 Å². The van der Waals surface area contributed by atoms with E-state index >= 15 is 0 Å². The highest BCUT2D eigenvalue weighted by molar-refractivity contribution is 6.24. The Morgan fingerprint density at radius 3 is 2.32 bits per heavy atom. The van der Waals surface area contributed by atoms with Crippen LogP contribution < -0.4 is 0 Å². The molecule has 19 heavy (non-hydrogen) atoms. The Balaban J connectivity index is 2.07. The van der Waals surface area contributed by atoms with Gasteiger partial charge in [0.2, 0.25) is 0 Å². The second-order valence-corrected chi connectivity index (χ2v) is 4.90. The summed E-state index contributed by atoms with van der Waals surface area (Å²) in [5.74, 6) is 0.940. The first-order valence-corrected chi connectivity index (χ1v) is 6.47. The number of aromatic amines is 1. The van der Waals surface area contributed by atoms with Crippen molar-refractivity contribution in [1.82, 2.24) is 9.97 Å². The number of aromatic nitrogens is 2. The number of nitrogens with zero attached hydrogens (tertiary/aromatic N) is 1. The number of nitrogens with one attached hydrogen (secondary N) is 1. The van der Waals surface area contributed by atoms with Gasteiger partial charge in [0.1, 0.15) is 5.82 Å². The predicted molar refractivity (Wildman–Crippen MR) is 72.6 cm³/mol. The maximum Gasteiger partial charge on any atom is 0.185 e. The summed E-state index contributed by atoms with van der Waals surface area (Å²) in [4.78, 5) is 31.4. The monoisotopic (exact) mass is 258 g/mol. The average Bonchev–Trinajstić information content (AvgIpc) is 2.91. The maximum atomic E-state index is 12.2. The standard InChI is InChI=1S/C15H18N2O2/c1-9-10(2)15(19)12(11(3)14(9)18)5-4-6-13-16-7-8-17-13/h7-8H,4-6H2,1-3H3,(H,16,17). The molecule has 0 spiro atoms. The number of carbonyl (C=O) groups is 2. The minimum Gasteiger partial charge on any atom is -0.349 e. The molecular formula is C15H18N2O2. The van der Waals surface area contributed by atoms with E-state index in [2.05, 4.69) is 9.97 Å². The lowest BCUT2D eigenvalue weighted by atomic mass is 9.84. The minimum atomic E-state index is 0.00472. The van der Waals surface area contributed by atoms with Crippen molar-refractivity contribution < 1.29 is 9.59 Å². The molecule has 0 unspecified atom stereocenters. The number of carbonyl (C=O) groups excluding carboxylic acids is 2. The van der Waals surface area contributed by atoms with E-state index in [0.717, 1.165) is 18.7 Å². The minimum absolute atomic E-state index is 0.00472. The summed E-state index contributed by atoms with van der Waals surface area (Å²) in [6.45, 7) is 5.20. The Kier molecular flexibility index (Phi) is 3.79. The van der Waals surface area contributed by atoms with Crippen molar-refractivity contribution in [2.45, 2.75) is 40.0 Å². The quantitative estimate of drug-likeness (QED) is 0.844. The van der Waals surface area contributed by atoms with Crippen LogP contribution in [0.1, 0.15) is 39.4 Å². The number of H-pyrrole nitrogens is 1. The molecule has 0 bridgehead atoms. The van der Waals surface area contributed by atoms with Crippen molar-refractivity contribution in [1.29, 1.82) is 0 Å². The third-order valence-electron chi connectivity index (χ3n) is 3.71. The Bertz CT molecular complexity index is 577. The number of Topliss-reactive ketones (excluding diaryl/α,β-unsaturated/α-hetero) is 2. The Morgan fingerprint density at radius 2 is 1.68 bits per heavy atom. The molecule has 1 heterocycles. The molecule has 0 amide bonds. The van der Waals surface area contributed by atoms with Crippen LogP contribution in [0.4, 0.5) is 0 Å². The van der Waals surface area contributed by atoms with Gasteiger partial charge >= 0.3 is 0 Å². The third kappa shape index (κ3) is 2.57. The van der Waals surface area contributed by atoms with Gasteiger partial charge in [0.15, 0.2) is 11.6 Å². The fourth-order valence-electron chi connectivity index (χ4n) is 2.32. The lowest BCUT2D eigenvalue weighted by Gasteiger charge is -2.18. The van der Waals surface area contributed by atoms with E-state index < -0.39 is 0 Å². The first kappa shape index (κ1) is 13.5. The molecule has 4 heteroatoms. The molecule has 1 aromatic rings. The molecule has 0 aromatic carbocycles. The average molecular weight is 258 g/mol. The second kappa shape index (κ2) is 5.34. The highest BCUT2D eigenvalue weighted by Crippen LogP contribution is 2.27. The molecule has 1 aromatic heterocycles. The fraction of sp³-hybridized carbons (Fsp3) is 0.400. The number of hydrogen-bond acceptors (Lipinski definition) is 3. The highest BCUT2D eigenvalue weighted by atomic mass is 16.1. The smallest absolute Gasteiger partial charge is 0.185 e. The SMILES string of the molecule is CC1=C(C)C(=O)C(CCCc2ncc[nH]2)=C(C)C1=O. The zero-order valence-electron chi connectivity index (χ0n) is 11.5. The zero-order valence-corrected chi connectivity index (χ0v) is 11.5. The van der Waals surface area contributed by atoms with Crippen LogP contribution in [0.25, 0.3) is 0 Å². The van der Waals surface area contributed by atoms with E-state index in [-0.39, 0.29) is 11.6 Å². The Morgan fingerprint density at radius 1 is 1.00 bits per heavy atom. The Hall–Kier alpha value is -1.97. The molecule has 1 N–H and O–H groups in total. The van der Waals surface area contributed by atoms with Crippen LogP contribution in [0.5, 0.6) is 0 Å². The summed E-state index contributed by atoms with van der Waals surface area (Å²) < 4.78 is 0. The van der Waals surface area contributed by atoms with Crippen molar-refractivity contribution in [2.24, 2.45) is 0 Å². The lowest BCUT2D eigenvalue weighted by molar-refractivity contribution is -0.116. The normalized spacial score (nSPS) is 16.6. The summed E-state index contributed by atoms with van der Waals surface area (Å²) in [5.41, 5.74) is 2.44. The van der Waals surface area contributed by atoms with Crippen LogP contribution >= 0.6 is 0 Å². The number of aryl methyl sites for hydroxylation is 1. The van der Waals surface area contributed by atoms with Gasteiger partial charge in [-0.2, -0.15) is 0 Å². The van der Waals surface area contributed by atoms with Crippen LogP contribution in [0, 0.1) is 0 Å². The third-order valence-corrected chi connectivity index (χ3v) is 3.71. The molecule has 0 saturated carbocycles. The van der Waals surface area contributed by atoms with Crippen LogP contribution in [-0.2, 0) is 16.0 Å². The van der Waals surface area contributed by atoms with Crippen molar-refractivity contribution in [3.8, 4) is 0 Å². The first-order valence-electron chi connectivity index (χ1n) is 6.47. The fourth-order valence-corrected chi connectivity index (χ4v) is 2.32. The van der Waals surface area contributed by atoms with Crippen LogP contribution in [0.2, 0.25) is 0 Å². The summed E-state index contributed by atoms with van der Waals surface area (Å²) in [6.07, 6.45) is 5.72. The van der Waals surface area contributed by atoms with Crippen LogP contribution in [0.3, 0.4) is 0 Å². The molecule has 1 aliphatic carbocycles. The van der Waals surface area contributed by atoms with Gasteiger partial charge in [-0.1, -0.05) is 0 Å². The molecule has 1 aliphatic rings. The summed E-state index contributed by atoms with van der Waals surface area (Å²) in [6, 6.07) is 0. The molecule has 0 aliphatic heterocycles. The van der Waals surface area contributed by atoms with Crippen LogP contribution in [-0.4, -0.2) is 21.5 Å².